The van der Waals surface area contributed by atoms with Crippen LogP contribution in [0.5, 0.6) is 0 Å². The molecule has 6 heteroatoms. The molecule has 0 N–H and O–H groups in total. The quantitative estimate of drug-likeness (QED) is 0.507. The highest BCUT2D eigenvalue weighted by atomic mass is 32.1. The molecule has 0 spiro atoms. The van der Waals surface area contributed by atoms with Crippen molar-refractivity contribution in [3.8, 4) is 0 Å². The second-order valence-corrected chi connectivity index (χ2v) is 9.22. The van der Waals surface area contributed by atoms with E-state index in [4.69, 9.17) is 0 Å². The van der Waals surface area contributed by atoms with E-state index in [0.29, 0.717) is 19.6 Å². The molecule has 0 unspecified atom stereocenters. The van der Waals surface area contributed by atoms with Gasteiger partial charge in [0.25, 0.3) is 0 Å². The van der Waals surface area contributed by atoms with Crippen molar-refractivity contribution in [3.63, 3.8) is 0 Å². The number of fused-ring (bicyclic) bond motifs is 1. The van der Waals surface area contributed by atoms with Crippen LogP contribution < -0.4 is 0 Å². The van der Waals surface area contributed by atoms with Crippen LogP contribution in [0.3, 0.4) is 0 Å². The van der Waals surface area contributed by atoms with E-state index in [1.54, 1.807) is 23.7 Å². The first kappa shape index (κ1) is 22.2. The number of aryl methyl sites for hydroxylation is 1. The number of rotatable bonds is 8. The smallest absolute Gasteiger partial charge is 0.223 e. The monoisotopic (exact) mass is 447 g/mol. The number of pyridine rings is 1. The van der Waals surface area contributed by atoms with Crippen molar-refractivity contribution in [2.24, 2.45) is 0 Å². The summed E-state index contributed by atoms with van der Waals surface area (Å²) in [6.07, 6.45) is 5.89. The predicted molar refractivity (Wildman–Crippen MR) is 127 cm³/mol. The van der Waals surface area contributed by atoms with Gasteiger partial charge in [-0.05, 0) is 52.6 Å². The van der Waals surface area contributed by atoms with E-state index < -0.39 is 0 Å². The summed E-state index contributed by atoms with van der Waals surface area (Å²) in [6, 6.07) is 14.3. The molecule has 0 fully saturated rings. The van der Waals surface area contributed by atoms with Crippen molar-refractivity contribution in [2.75, 3.05) is 6.54 Å². The first-order valence-corrected chi connectivity index (χ1v) is 12.1. The second-order valence-electron chi connectivity index (χ2n) is 8.22. The lowest BCUT2D eigenvalue weighted by molar-refractivity contribution is -0.138. The third-order valence-electron chi connectivity index (χ3n) is 5.97. The first-order valence-electron chi connectivity index (χ1n) is 11.2. The van der Waals surface area contributed by atoms with Crippen LogP contribution >= 0.6 is 11.3 Å². The van der Waals surface area contributed by atoms with E-state index in [0.717, 1.165) is 30.5 Å². The fraction of sp³-hybridized carbons (Fsp3) is 0.346. The van der Waals surface area contributed by atoms with Crippen molar-refractivity contribution in [1.29, 1.82) is 0 Å². The molecule has 0 saturated carbocycles. The van der Waals surface area contributed by atoms with Gasteiger partial charge >= 0.3 is 0 Å². The molecule has 0 atom stereocenters. The molecule has 0 aliphatic carbocycles. The van der Waals surface area contributed by atoms with Gasteiger partial charge in [-0.2, -0.15) is 0 Å². The summed E-state index contributed by atoms with van der Waals surface area (Å²) in [7, 11) is 0. The van der Waals surface area contributed by atoms with Crippen molar-refractivity contribution in [2.45, 2.75) is 52.2 Å². The molecule has 0 saturated heterocycles. The Kier molecular flexibility index (Phi) is 7.32. The fourth-order valence-electron chi connectivity index (χ4n) is 4.04. The lowest BCUT2D eigenvalue weighted by Crippen LogP contribution is -2.36. The van der Waals surface area contributed by atoms with Crippen LogP contribution in [0.15, 0.2) is 60.2 Å². The lowest BCUT2D eigenvalue weighted by atomic mass is 10.1. The zero-order chi connectivity index (χ0) is 22.3. The second kappa shape index (κ2) is 10.6. The van der Waals surface area contributed by atoms with E-state index >= 15 is 0 Å². The molecule has 3 heterocycles. The van der Waals surface area contributed by atoms with Gasteiger partial charge in [0.1, 0.15) is 0 Å². The van der Waals surface area contributed by atoms with Gasteiger partial charge in [-0.1, -0.05) is 37.3 Å². The summed E-state index contributed by atoms with van der Waals surface area (Å²) in [4.78, 5) is 35.2. The van der Waals surface area contributed by atoms with Crippen LogP contribution in [0.4, 0.5) is 0 Å². The molecule has 0 bridgehead atoms. The SMILES string of the molecule is CCc1ccc(CN(Cc2cccnc2)C(=O)CCC(=O)N2CCc3sccc3C2)cc1. The molecule has 0 radical (unpaired) electrons. The summed E-state index contributed by atoms with van der Waals surface area (Å²) in [6.45, 7) is 4.54. The van der Waals surface area contributed by atoms with Gasteiger partial charge in [0.15, 0.2) is 0 Å². The van der Waals surface area contributed by atoms with Crippen LogP contribution in [0, 0.1) is 0 Å². The molecule has 2 aromatic heterocycles. The van der Waals surface area contributed by atoms with E-state index in [2.05, 4.69) is 47.6 Å². The first-order chi connectivity index (χ1) is 15.6. The van der Waals surface area contributed by atoms with E-state index in [-0.39, 0.29) is 24.7 Å². The zero-order valence-corrected chi connectivity index (χ0v) is 19.3. The van der Waals surface area contributed by atoms with Crippen molar-refractivity contribution in [1.82, 2.24) is 14.8 Å². The Morgan fingerprint density at radius 2 is 1.81 bits per heavy atom. The molecule has 32 heavy (non-hydrogen) atoms. The van der Waals surface area contributed by atoms with E-state index in [1.807, 2.05) is 21.9 Å². The normalized spacial score (nSPS) is 13.0. The Labute approximate surface area is 193 Å². The molecule has 2 amide bonds. The molecular formula is C26H29N3O2S. The summed E-state index contributed by atoms with van der Waals surface area (Å²) >= 11 is 1.76. The number of benzene rings is 1. The number of aromatic nitrogens is 1. The van der Waals surface area contributed by atoms with Gasteiger partial charge in [0.05, 0.1) is 0 Å². The maximum atomic E-state index is 13.2. The van der Waals surface area contributed by atoms with Crippen molar-refractivity contribution >= 4 is 23.2 Å². The van der Waals surface area contributed by atoms with E-state index in [1.165, 1.54) is 16.0 Å². The average molecular weight is 448 g/mol. The number of amides is 2. The van der Waals surface area contributed by atoms with Gasteiger partial charge in [-0.3, -0.25) is 14.6 Å². The predicted octanol–water partition coefficient (Wildman–Crippen LogP) is 4.60. The number of hydrogen-bond acceptors (Lipinski definition) is 4. The highest BCUT2D eigenvalue weighted by Crippen LogP contribution is 2.24. The molecule has 3 aromatic rings. The van der Waals surface area contributed by atoms with Crippen molar-refractivity contribution in [3.05, 3.63) is 87.4 Å². The maximum Gasteiger partial charge on any atom is 0.223 e. The van der Waals surface area contributed by atoms with Crippen LogP contribution in [0.2, 0.25) is 0 Å². The molecule has 1 aliphatic heterocycles. The molecular weight excluding hydrogens is 418 g/mol. The van der Waals surface area contributed by atoms with Crippen LogP contribution in [0.25, 0.3) is 0 Å². The van der Waals surface area contributed by atoms with Gasteiger partial charge in [0, 0.05) is 56.3 Å². The molecule has 4 rings (SSSR count). The summed E-state index contributed by atoms with van der Waals surface area (Å²) < 4.78 is 0. The van der Waals surface area contributed by atoms with Gasteiger partial charge < -0.3 is 9.80 Å². The Morgan fingerprint density at radius 1 is 1.03 bits per heavy atom. The standard InChI is InChI=1S/C26H29N3O2S/c1-2-20-5-7-21(8-6-20)17-29(18-22-4-3-13-27-16-22)26(31)10-9-25(30)28-14-11-24-23(19-28)12-15-32-24/h3-8,12-13,15-16H,2,9-11,14,17-19H2,1H3. The Bertz CT molecular complexity index is 1050. The number of nitrogens with zero attached hydrogens (tertiary/aromatic N) is 3. The third-order valence-corrected chi connectivity index (χ3v) is 6.99. The minimum atomic E-state index is -0.00463. The summed E-state index contributed by atoms with van der Waals surface area (Å²) in [5.74, 6) is 0.0545. The molecule has 166 valence electrons. The number of hydrogen-bond donors (Lipinski definition) is 0. The largest absolute Gasteiger partial charge is 0.338 e. The van der Waals surface area contributed by atoms with E-state index in [9.17, 15) is 9.59 Å². The Balaban J connectivity index is 1.39. The number of carbonyl (C=O) groups excluding carboxylic acids is 2. The summed E-state index contributed by atoms with van der Waals surface area (Å²) in [5.41, 5.74) is 4.60. The fourth-order valence-corrected chi connectivity index (χ4v) is 4.93. The average Bonchev–Trinajstić information content (AvgIpc) is 3.31. The van der Waals surface area contributed by atoms with Crippen LogP contribution in [-0.4, -0.2) is 33.1 Å². The lowest BCUT2D eigenvalue weighted by Gasteiger charge is -2.28. The number of carbonyl (C=O) groups is 2. The van der Waals surface area contributed by atoms with Crippen LogP contribution in [-0.2, 0) is 42.1 Å². The Morgan fingerprint density at radius 3 is 2.56 bits per heavy atom. The highest BCUT2D eigenvalue weighted by molar-refractivity contribution is 7.10. The zero-order valence-electron chi connectivity index (χ0n) is 18.5. The van der Waals surface area contributed by atoms with Gasteiger partial charge in [0.2, 0.25) is 11.8 Å². The summed E-state index contributed by atoms with van der Waals surface area (Å²) in [5, 5.41) is 2.09. The molecule has 1 aromatic carbocycles. The molecule has 5 nitrogen and oxygen atoms in total. The molecule has 1 aliphatic rings. The van der Waals surface area contributed by atoms with Crippen molar-refractivity contribution < 1.29 is 9.59 Å². The van der Waals surface area contributed by atoms with Gasteiger partial charge in [-0.25, -0.2) is 0 Å². The Hall–Kier alpha value is -2.99. The minimum Gasteiger partial charge on any atom is -0.338 e. The third kappa shape index (κ3) is 5.62. The van der Waals surface area contributed by atoms with Gasteiger partial charge in [-0.15, -0.1) is 11.3 Å². The highest BCUT2D eigenvalue weighted by Gasteiger charge is 2.23. The maximum absolute atomic E-state index is 13.2. The minimum absolute atomic E-state index is 0.00463. The number of thiophene rings is 1. The topological polar surface area (TPSA) is 53.5 Å². The van der Waals surface area contributed by atoms with Crippen LogP contribution in [0.1, 0.15) is 46.9 Å².